The highest BCUT2D eigenvalue weighted by atomic mass is 16.3. The minimum Gasteiger partial charge on any atom is -0.504 e. The molecule has 0 unspecified atom stereocenters. The molecule has 124 valence electrons. The van der Waals surface area contributed by atoms with Crippen molar-refractivity contribution < 1.29 is 15.0 Å². The highest BCUT2D eigenvalue weighted by Crippen LogP contribution is 2.25. The predicted octanol–water partition coefficient (Wildman–Crippen LogP) is 2.90. The molecule has 1 amide bonds. The molecule has 3 N–H and O–H groups in total. The van der Waals surface area contributed by atoms with Crippen LogP contribution in [0, 0.1) is 13.8 Å². The van der Waals surface area contributed by atoms with Gasteiger partial charge in [-0.25, -0.2) is 0 Å². The fraction of sp³-hybridized carbons (Fsp3) is 0.389. The van der Waals surface area contributed by atoms with Crippen LogP contribution in [0.3, 0.4) is 0 Å². The summed E-state index contributed by atoms with van der Waals surface area (Å²) in [4.78, 5) is 12.5. The summed E-state index contributed by atoms with van der Waals surface area (Å²) in [6, 6.07) is 6.53. The molecule has 1 heterocycles. The Balaban J connectivity index is 2.06. The maximum Gasteiger partial charge on any atom is 0.253 e. The smallest absolute Gasteiger partial charge is 0.253 e. The number of hydrogen-bond donors (Lipinski definition) is 3. The van der Waals surface area contributed by atoms with Gasteiger partial charge in [0.1, 0.15) is 0 Å². The van der Waals surface area contributed by atoms with Gasteiger partial charge in [0.15, 0.2) is 11.5 Å². The second-order valence-electron chi connectivity index (χ2n) is 5.93. The standard InChI is InChI=1S/C18H24N2O3/c1-5-20-12(3)9-15(13(20)4)18(23)19-11(2)8-14-6-7-16(21)17(22)10-14/h6-7,9-11,21-22H,5,8H2,1-4H3,(H,19,23)/t11-/m1/s1. The Bertz CT molecular complexity index is 719. The molecule has 0 spiro atoms. The Hall–Kier alpha value is -2.43. The van der Waals surface area contributed by atoms with E-state index in [9.17, 15) is 15.0 Å². The van der Waals surface area contributed by atoms with Crippen LogP contribution in [0.15, 0.2) is 24.3 Å². The van der Waals surface area contributed by atoms with Crippen LogP contribution < -0.4 is 5.32 Å². The maximum absolute atomic E-state index is 12.5. The number of aromatic nitrogens is 1. The molecule has 5 nitrogen and oxygen atoms in total. The second-order valence-corrected chi connectivity index (χ2v) is 5.93. The predicted molar refractivity (Wildman–Crippen MR) is 90.0 cm³/mol. The van der Waals surface area contributed by atoms with Gasteiger partial charge in [0.2, 0.25) is 0 Å². The first-order valence-electron chi connectivity index (χ1n) is 7.82. The van der Waals surface area contributed by atoms with Gasteiger partial charge in [-0.15, -0.1) is 0 Å². The molecule has 0 aliphatic heterocycles. The fourth-order valence-electron chi connectivity index (χ4n) is 2.92. The highest BCUT2D eigenvalue weighted by molar-refractivity contribution is 5.95. The van der Waals surface area contributed by atoms with E-state index in [0.29, 0.717) is 12.0 Å². The maximum atomic E-state index is 12.5. The molecule has 1 aromatic carbocycles. The lowest BCUT2D eigenvalue weighted by Gasteiger charge is -2.14. The zero-order chi connectivity index (χ0) is 17.1. The van der Waals surface area contributed by atoms with Gasteiger partial charge in [-0.2, -0.15) is 0 Å². The highest BCUT2D eigenvalue weighted by Gasteiger charge is 2.17. The topological polar surface area (TPSA) is 74.5 Å². The lowest BCUT2D eigenvalue weighted by Crippen LogP contribution is -2.34. The van der Waals surface area contributed by atoms with Gasteiger partial charge in [0, 0.05) is 24.0 Å². The third-order valence-corrected chi connectivity index (χ3v) is 4.09. The number of aromatic hydroxyl groups is 2. The first-order chi connectivity index (χ1) is 10.8. The fourth-order valence-corrected chi connectivity index (χ4v) is 2.92. The molecular weight excluding hydrogens is 292 g/mol. The molecule has 0 aliphatic rings. The molecule has 1 aromatic heterocycles. The number of hydrogen-bond acceptors (Lipinski definition) is 3. The molecule has 0 bridgehead atoms. The number of nitrogens with zero attached hydrogens (tertiary/aromatic N) is 1. The third-order valence-electron chi connectivity index (χ3n) is 4.09. The van der Waals surface area contributed by atoms with Crippen LogP contribution in [0.5, 0.6) is 11.5 Å². The Morgan fingerprint density at radius 1 is 1.22 bits per heavy atom. The number of aryl methyl sites for hydroxylation is 1. The number of carbonyl (C=O) groups excluding carboxylic acids is 1. The monoisotopic (exact) mass is 316 g/mol. The van der Waals surface area contributed by atoms with Crippen molar-refractivity contribution in [2.45, 2.75) is 46.7 Å². The zero-order valence-electron chi connectivity index (χ0n) is 14.1. The number of phenolic OH excluding ortho intramolecular Hbond substituents is 2. The van der Waals surface area contributed by atoms with E-state index in [-0.39, 0.29) is 23.4 Å². The van der Waals surface area contributed by atoms with Gasteiger partial charge in [-0.3, -0.25) is 4.79 Å². The molecule has 1 atom stereocenters. The Labute approximate surface area is 136 Å². The zero-order valence-corrected chi connectivity index (χ0v) is 14.1. The van der Waals surface area contributed by atoms with Crippen LogP contribution in [0.25, 0.3) is 0 Å². The van der Waals surface area contributed by atoms with Gasteiger partial charge in [0.05, 0.1) is 5.56 Å². The van der Waals surface area contributed by atoms with Crippen molar-refractivity contribution in [3.63, 3.8) is 0 Å². The second kappa shape index (κ2) is 6.77. The van der Waals surface area contributed by atoms with Gasteiger partial charge < -0.3 is 20.1 Å². The molecule has 0 saturated carbocycles. The van der Waals surface area contributed by atoms with Crippen molar-refractivity contribution in [2.24, 2.45) is 0 Å². The van der Waals surface area contributed by atoms with Crippen molar-refractivity contribution in [3.8, 4) is 11.5 Å². The lowest BCUT2D eigenvalue weighted by molar-refractivity contribution is 0.0939. The molecule has 23 heavy (non-hydrogen) atoms. The first kappa shape index (κ1) is 16.9. The molecule has 0 saturated heterocycles. The van der Waals surface area contributed by atoms with Crippen molar-refractivity contribution in [2.75, 3.05) is 0 Å². The van der Waals surface area contributed by atoms with Crippen LogP contribution in [0.4, 0.5) is 0 Å². The van der Waals surface area contributed by atoms with E-state index in [2.05, 4.69) is 16.8 Å². The molecular formula is C18H24N2O3. The average Bonchev–Trinajstić information content (AvgIpc) is 2.77. The molecule has 0 radical (unpaired) electrons. The van der Waals surface area contributed by atoms with E-state index in [0.717, 1.165) is 23.5 Å². The van der Waals surface area contributed by atoms with Crippen LogP contribution in [-0.4, -0.2) is 26.7 Å². The molecule has 5 heteroatoms. The Morgan fingerprint density at radius 2 is 1.91 bits per heavy atom. The van der Waals surface area contributed by atoms with Crippen LogP contribution in [-0.2, 0) is 13.0 Å². The van der Waals surface area contributed by atoms with Crippen LogP contribution >= 0.6 is 0 Å². The summed E-state index contributed by atoms with van der Waals surface area (Å²) in [6.07, 6.45) is 0.575. The van der Waals surface area contributed by atoms with E-state index in [1.807, 2.05) is 26.8 Å². The minimum absolute atomic E-state index is 0.0869. The molecule has 0 aliphatic carbocycles. The lowest BCUT2D eigenvalue weighted by atomic mass is 10.1. The first-order valence-corrected chi connectivity index (χ1v) is 7.82. The van der Waals surface area contributed by atoms with E-state index in [1.165, 1.54) is 12.1 Å². The number of phenols is 2. The summed E-state index contributed by atoms with van der Waals surface area (Å²) in [6.45, 7) is 8.76. The Morgan fingerprint density at radius 3 is 2.48 bits per heavy atom. The Kier molecular flexibility index (Phi) is 4.98. The van der Waals surface area contributed by atoms with Crippen LogP contribution in [0.1, 0.15) is 41.2 Å². The van der Waals surface area contributed by atoms with Crippen molar-refractivity contribution in [1.82, 2.24) is 9.88 Å². The van der Waals surface area contributed by atoms with E-state index in [1.54, 1.807) is 6.07 Å². The third kappa shape index (κ3) is 3.67. The van der Waals surface area contributed by atoms with E-state index >= 15 is 0 Å². The summed E-state index contributed by atoms with van der Waals surface area (Å²) in [5.41, 5.74) is 3.60. The summed E-state index contributed by atoms with van der Waals surface area (Å²) >= 11 is 0. The van der Waals surface area contributed by atoms with Gasteiger partial charge in [0.25, 0.3) is 5.91 Å². The van der Waals surface area contributed by atoms with E-state index < -0.39 is 0 Å². The number of rotatable bonds is 5. The van der Waals surface area contributed by atoms with Crippen molar-refractivity contribution in [3.05, 3.63) is 46.8 Å². The molecule has 0 fully saturated rings. The van der Waals surface area contributed by atoms with Gasteiger partial charge in [-0.1, -0.05) is 6.07 Å². The SMILES string of the molecule is CCn1c(C)cc(C(=O)N[C@H](C)Cc2ccc(O)c(O)c2)c1C. The number of benzene rings is 1. The number of carbonyl (C=O) groups is 1. The van der Waals surface area contributed by atoms with Crippen LogP contribution in [0.2, 0.25) is 0 Å². The van der Waals surface area contributed by atoms with Gasteiger partial charge in [-0.05, 0) is 57.9 Å². The summed E-state index contributed by atoms with van der Waals surface area (Å²) < 4.78 is 2.11. The molecule has 2 aromatic rings. The van der Waals surface area contributed by atoms with Gasteiger partial charge >= 0.3 is 0 Å². The summed E-state index contributed by atoms with van der Waals surface area (Å²) in [7, 11) is 0. The summed E-state index contributed by atoms with van der Waals surface area (Å²) in [5.74, 6) is -0.377. The average molecular weight is 316 g/mol. The number of amides is 1. The largest absolute Gasteiger partial charge is 0.504 e. The molecule has 2 rings (SSSR count). The van der Waals surface area contributed by atoms with E-state index in [4.69, 9.17) is 0 Å². The summed E-state index contributed by atoms with van der Waals surface area (Å²) in [5, 5.41) is 21.8. The van der Waals surface area contributed by atoms with Crippen molar-refractivity contribution >= 4 is 5.91 Å². The minimum atomic E-state index is -0.146. The number of nitrogens with one attached hydrogen (secondary N) is 1. The van der Waals surface area contributed by atoms with Crippen molar-refractivity contribution in [1.29, 1.82) is 0 Å². The normalized spacial score (nSPS) is 12.2. The quantitative estimate of drug-likeness (QED) is 0.743.